The minimum Gasteiger partial charge on any atom is -0.444 e. The first-order valence-corrected chi connectivity index (χ1v) is 19.2. The number of hydrogen-bond donors (Lipinski definition) is 0. The summed E-state index contributed by atoms with van der Waals surface area (Å²) in [6, 6.07) is 25.2. The van der Waals surface area contributed by atoms with Gasteiger partial charge in [0.1, 0.15) is 11.2 Å². The molecule has 0 aliphatic rings. The first kappa shape index (κ1) is 39.6. The second kappa shape index (κ2) is 17.4. The highest BCUT2D eigenvalue weighted by atomic mass is 32.2. The molecule has 0 aliphatic heterocycles. The molecule has 51 heavy (non-hydrogen) atoms. The first-order chi connectivity index (χ1) is 24.0. The fraction of sp³-hybridized carbons (Fsp3) is 0.463. The van der Waals surface area contributed by atoms with Gasteiger partial charge < -0.3 is 19.3 Å². The minimum absolute atomic E-state index is 0.0187. The average Bonchev–Trinajstić information content (AvgIpc) is 3.04. The standard InChI is InChI=1S/C41H54N2O7S/c1-31-21-23-34(24-22-31)51(46,47)48-28-16-15-26-42(38(44)49-40(2,3)4)25-13-8-14-27-43(39(45)50-41(5,6)7)30-37-35-19-11-9-17-32(35)29-33-18-10-12-20-36(33)37/h9-12,17-24,29H,8,13-16,25-28,30H2,1-7H3. The van der Waals surface area contributed by atoms with Crippen molar-refractivity contribution in [2.24, 2.45) is 0 Å². The van der Waals surface area contributed by atoms with E-state index in [-0.39, 0.29) is 17.6 Å². The van der Waals surface area contributed by atoms with Crippen molar-refractivity contribution in [3.05, 3.63) is 90.0 Å². The molecular formula is C41H54N2O7S. The van der Waals surface area contributed by atoms with Crippen molar-refractivity contribution < 1.29 is 31.7 Å². The Morgan fingerprint density at radius 3 is 1.63 bits per heavy atom. The number of unbranched alkanes of at least 4 members (excludes halogenated alkanes) is 3. The highest BCUT2D eigenvalue weighted by Gasteiger charge is 2.25. The van der Waals surface area contributed by atoms with Crippen molar-refractivity contribution in [2.75, 3.05) is 26.2 Å². The summed E-state index contributed by atoms with van der Waals surface area (Å²) < 4.78 is 41.9. The zero-order valence-corrected chi connectivity index (χ0v) is 32.1. The molecule has 9 nitrogen and oxygen atoms in total. The van der Waals surface area contributed by atoms with Crippen LogP contribution in [0, 0.1) is 6.92 Å². The molecule has 0 N–H and O–H groups in total. The second-order valence-corrected chi connectivity index (χ2v) is 16.6. The summed E-state index contributed by atoms with van der Waals surface area (Å²) in [5.41, 5.74) is 0.757. The van der Waals surface area contributed by atoms with E-state index < -0.39 is 27.4 Å². The maximum atomic E-state index is 13.5. The van der Waals surface area contributed by atoms with Crippen molar-refractivity contribution in [3.63, 3.8) is 0 Å². The molecule has 0 aromatic heterocycles. The Bertz CT molecular complexity index is 1820. The zero-order valence-electron chi connectivity index (χ0n) is 31.2. The van der Waals surface area contributed by atoms with Gasteiger partial charge in [-0.15, -0.1) is 0 Å². The number of benzene rings is 4. The molecule has 0 saturated heterocycles. The summed E-state index contributed by atoms with van der Waals surface area (Å²) in [7, 11) is -3.85. The molecule has 0 radical (unpaired) electrons. The topological polar surface area (TPSA) is 102 Å². The summed E-state index contributed by atoms with van der Waals surface area (Å²) in [6.45, 7) is 14.8. The van der Waals surface area contributed by atoms with Gasteiger partial charge in [-0.1, -0.05) is 66.2 Å². The SMILES string of the molecule is Cc1ccc(S(=O)(=O)OCCCCN(CCCCCN(Cc2c3ccccc3cc3ccccc23)C(=O)OC(C)(C)C)C(=O)OC(C)(C)C)cc1. The fourth-order valence-corrected chi connectivity index (χ4v) is 6.72. The van der Waals surface area contributed by atoms with Crippen LogP contribution in [-0.2, 0) is 30.3 Å². The molecular weight excluding hydrogens is 665 g/mol. The third-order valence-electron chi connectivity index (χ3n) is 8.26. The molecule has 276 valence electrons. The molecule has 0 unspecified atom stereocenters. The molecule has 2 amide bonds. The number of rotatable bonds is 15. The number of carbonyl (C=O) groups excluding carboxylic acids is 2. The number of carbonyl (C=O) groups is 2. The predicted octanol–water partition coefficient (Wildman–Crippen LogP) is 9.63. The molecule has 0 atom stereocenters. The Morgan fingerprint density at radius 2 is 1.10 bits per heavy atom. The Labute approximate surface area is 304 Å². The van der Waals surface area contributed by atoms with Crippen LogP contribution in [0.1, 0.15) is 84.8 Å². The Hall–Kier alpha value is -4.15. The van der Waals surface area contributed by atoms with Crippen LogP contribution >= 0.6 is 0 Å². The lowest BCUT2D eigenvalue weighted by Crippen LogP contribution is -2.38. The van der Waals surface area contributed by atoms with Gasteiger partial charge in [0.25, 0.3) is 10.1 Å². The number of aryl methyl sites for hydroxylation is 1. The molecule has 4 rings (SSSR count). The largest absolute Gasteiger partial charge is 0.444 e. The average molecular weight is 719 g/mol. The van der Waals surface area contributed by atoms with E-state index in [9.17, 15) is 18.0 Å². The van der Waals surface area contributed by atoms with Gasteiger partial charge in [0.2, 0.25) is 0 Å². The summed E-state index contributed by atoms with van der Waals surface area (Å²) in [4.78, 5) is 30.2. The molecule has 0 aliphatic carbocycles. The van der Waals surface area contributed by atoms with Crippen LogP contribution in [0.25, 0.3) is 21.5 Å². The summed E-state index contributed by atoms with van der Waals surface area (Å²) in [5, 5.41) is 4.46. The molecule has 4 aromatic rings. The van der Waals surface area contributed by atoms with Gasteiger partial charge in [0, 0.05) is 19.6 Å². The number of ether oxygens (including phenoxy) is 2. The lowest BCUT2D eigenvalue weighted by Gasteiger charge is -2.29. The molecule has 0 saturated carbocycles. The van der Waals surface area contributed by atoms with Crippen molar-refractivity contribution in [1.82, 2.24) is 9.80 Å². The normalized spacial score (nSPS) is 12.2. The van der Waals surface area contributed by atoms with E-state index in [1.165, 1.54) is 12.1 Å². The monoisotopic (exact) mass is 718 g/mol. The number of fused-ring (bicyclic) bond motifs is 2. The van der Waals surface area contributed by atoms with E-state index in [0.717, 1.165) is 45.5 Å². The van der Waals surface area contributed by atoms with Crippen molar-refractivity contribution in [3.8, 4) is 0 Å². The van der Waals surface area contributed by atoms with Gasteiger partial charge in [0.05, 0.1) is 18.0 Å². The van der Waals surface area contributed by atoms with E-state index in [1.807, 2.05) is 72.7 Å². The Morgan fingerprint density at radius 1 is 0.627 bits per heavy atom. The van der Waals surface area contributed by atoms with Crippen LogP contribution in [0.3, 0.4) is 0 Å². The van der Waals surface area contributed by atoms with Gasteiger partial charge in [0.15, 0.2) is 0 Å². The number of amides is 2. The summed E-state index contributed by atoms with van der Waals surface area (Å²) in [6.07, 6.45) is 2.43. The molecule has 0 spiro atoms. The smallest absolute Gasteiger partial charge is 0.410 e. The molecule has 4 aromatic carbocycles. The zero-order chi connectivity index (χ0) is 37.2. The van der Waals surface area contributed by atoms with Crippen molar-refractivity contribution >= 4 is 43.8 Å². The highest BCUT2D eigenvalue weighted by Crippen LogP contribution is 2.30. The van der Waals surface area contributed by atoms with E-state index in [1.54, 1.807) is 21.9 Å². The molecule has 0 fully saturated rings. The van der Waals surface area contributed by atoms with Gasteiger partial charge in [-0.3, -0.25) is 4.18 Å². The van der Waals surface area contributed by atoms with E-state index in [4.69, 9.17) is 13.7 Å². The lowest BCUT2D eigenvalue weighted by atomic mass is 9.96. The Balaban J connectivity index is 1.37. The highest BCUT2D eigenvalue weighted by molar-refractivity contribution is 7.86. The first-order valence-electron chi connectivity index (χ1n) is 17.8. The predicted molar refractivity (Wildman–Crippen MR) is 203 cm³/mol. The third-order valence-corrected chi connectivity index (χ3v) is 9.59. The minimum atomic E-state index is -3.85. The van der Waals surface area contributed by atoms with Crippen LogP contribution in [0.4, 0.5) is 9.59 Å². The van der Waals surface area contributed by atoms with Gasteiger partial charge in [-0.05, 0) is 126 Å². The van der Waals surface area contributed by atoms with Gasteiger partial charge >= 0.3 is 12.2 Å². The summed E-state index contributed by atoms with van der Waals surface area (Å²) in [5.74, 6) is 0. The van der Waals surface area contributed by atoms with Crippen molar-refractivity contribution in [1.29, 1.82) is 0 Å². The fourth-order valence-electron chi connectivity index (χ4n) is 5.78. The molecule has 10 heteroatoms. The van der Waals surface area contributed by atoms with E-state index >= 15 is 0 Å². The van der Waals surface area contributed by atoms with Gasteiger partial charge in [-0.2, -0.15) is 8.42 Å². The van der Waals surface area contributed by atoms with Crippen LogP contribution in [-0.4, -0.2) is 67.8 Å². The van der Waals surface area contributed by atoms with Crippen molar-refractivity contribution in [2.45, 2.75) is 103 Å². The maximum absolute atomic E-state index is 13.5. The van der Waals surface area contributed by atoms with Crippen LogP contribution < -0.4 is 0 Å². The lowest BCUT2D eigenvalue weighted by molar-refractivity contribution is 0.0230. The van der Waals surface area contributed by atoms with Crippen LogP contribution in [0.15, 0.2) is 83.8 Å². The third kappa shape index (κ3) is 12.2. The number of nitrogens with zero attached hydrogens (tertiary/aromatic N) is 2. The van der Waals surface area contributed by atoms with Crippen LogP contribution in [0.5, 0.6) is 0 Å². The number of hydrogen-bond acceptors (Lipinski definition) is 7. The quantitative estimate of drug-likeness (QED) is 0.0685. The van der Waals surface area contributed by atoms with E-state index in [0.29, 0.717) is 45.4 Å². The second-order valence-electron chi connectivity index (χ2n) is 15.0. The molecule has 0 heterocycles. The Kier molecular flexibility index (Phi) is 13.5. The molecule has 0 bridgehead atoms. The van der Waals surface area contributed by atoms with Crippen LogP contribution in [0.2, 0.25) is 0 Å². The summed E-state index contributed by atoms with van der Waals surface area (Å²) >= 11 is 0. The van der Waals surface area contributed by atoms with Gasteiger partial charge in [-0.25, -0.2) is 9.59 Å². The van der Waals surface area contributed by atoms with E-state index in [2.05, 4.69) is 30.3 Å². The maximum Gasteiger partial charge on any atom is 0.410 e.